The first-order valence-corrected chi connectivity index (χ1v) is 6.41. The Kier molecular flexibility index (Phi) is 6.35. The van der Waals surface area contributed by atoms with Gasteiger partial charge in [0.25, 0.3) is 0 Å². The number of nitrogens with one attached hydrogen (secondary N) is 2. The van der Waals surface area contributed by atoms with E-state index in [2.05, 4.69) is 10.6 Å². The summed E-state index contributed by atoms with van der Waals surface area (Å²) in [5.41, 5.74) is 0. The molecule has 18 heavy (non-hydrogen) atoms. The minimum absolute atomic E-state index is 0.122. The highest BCUT2D eigenvalue weighted by atomic mass is 16.2. The zero-order valence-corrected chi connectivity index (χ0v) is 10.8. The molecule has 1 fully saturated rings. The van der Waals surface area contributed by atoms with E-state index in [1.165, 1.54) is 0 Å². The highest BCUT2D eigenvalue weighted by molar-refractivity contribution is 5.95. The number of nitrogens with zero attached hydrogens (tertiary/aromatic N) is 1. The van der Waals surface area contributed by atoms with Crippen LogP contribution < -0.4 is 10.6 Å². The SMILES string of the molecule is CCCNC(=O)NC(=O)CN1CCC(C=O)CC1. The van der Waals surface area contributed by atoms with Gasteiger partial charge in [-0.15, -0.1) is 0 Å². The molecule has 0 aromatic rings. The van der Waals surface area contributed by atoms with Crippen molar-refractivity contribution in [2.45, 2.75) is 26.2 Å². The summed E-state index contributed by atoms with van der Waals surface area (Å²) in [6.07, 6.45) is 3.40. The van der Waals surface area contributed by atoms with Crippen molar-refractivity contribution in [2.75, 3.05) is 26.2 Å². The van der Waals surface area contributed by atoms with Crippen molar-refractivity contribution in [1.82, 2.24) is 15.5 Å². The number of urea groups is 1. The van der Waals surface area contributed by atoms with E-state index in [0.717, 1.165) is 38.6 Å². The molecule has 0 unspecified atom stereocenters. The van der Waals surface area contributed by atoms with Gasteiger partial charge in [0.05, 0.1) is 6.54 Å². The normalized spacial score (nSPS) is 17.2. The van der Waals surface area contributed by atoms with Gasteiger partial charge in [-0.3, -0.25) is 15.0 Å². The first kappa shape index (κ1) is 14.6. The highest BCUT2D eigenvalue weighted by Crippen LogP contribution is 2.14. The van der Waals surface area contributed by atoms with Crippen LogP contribution in [0.25, 0.3) is 0 Å². The van der Waals surface area contributed by atoms with Gasteiger partial charge in [0, 0.05) is 12.5 Å². The first-order valence-electron chi connectivity index (χ1n) is 6.41. The number of rotatable bonds is 5. The predicted octanol–water partition coefficient (Wildman–Crippen LogP) is 0.133. The van der Waals surface area contributed by atoms with Crippen LogP contribution >= 0.6 is 0 Å². The third-order valence-electron chi connectivity index (χ3n) is 2.98. The number of likely N-dealkylation sites (tertiary alicyclic amines) is 1. The summed E-state index contributed by atoms with van der Waals surface area (Å²) in [6.45, 7) is 4.18. The van der Waals surface area contributed by atoms with Gasteiger partial charge in [0.2, 0.25) is 5.91 Å². The molecule has 6 nitrogen and oxygen atoms in total. The molecule has 1 heterocycles. The van der Waals surface area contributed by atoms with E-state index in [-0.39, 0.29) is 18.4 Å². The zero-order valence-electron chi connectivity index (χ0n) is 10.8. The Labute approximate surface area is 107 Å². The number of hydrogen-bond donors (Lipinski definition) is 2. The second kappa shape index (κ2) is 7.81. The number of hydrogen-bond acceptors (Lipinski definition) is 4. The van der Waals surface area contributed by atoms with E-state index in [0.29, 0.717) is 6.54 Å². The van der Waals surface area contributed by atoms with E-state index in [4.69, 9.17) is 0 Å². The fourth-order valence-electron chi connectivity index (χ4n) is 1.90. The average molecular weight is 255 g/mol. The summed E-state index contributed by atoms with van der Waals surface area (Å²) in [6, 6.07) is -0.440. The van der Waals surface area contributed by atoms with Crippen LogP contribution in [0.15, 0.2) is 0 Å². The molecule has 0 aliphatic carbocycles. The molecule has 1 aliphatic rings. The molecule has 0 aromatic carbocycles. The van der Waals surface area contributed by atoms with Crippen molar-refractivity contribution < 1.29 is 14.4 Å². The van der Waals surface area contributed by atoms with E-state index in [9.17, 15) is 14.4 Å². The number of carbonyl (C=O) groups is 3. The van der Waals surface area contributed by atoms with Crippen molar-refractivity contribution in [3.8, 4) is 0 Å². The fourth-order valence-corrected chi connectivity index (χ4v) is 1.90. The summed E-state index contributed by atoms with van der Waals surface area (Å²) in [4.78, 5) is 35.3. The first-order chi connectivity index (χ1) is 8.65. The summed E-state index contributed by atoms with van der Waals surface area (Å²) in [5.74, 6) is -0.176. The fraction of sp³-hybridized carbons (Fsp3) is 0.750. The molecule has 0 spiro atoms. The lowest BCUT2D eigenvalue weighted by Crippen LogP contribution is -2.46. The van der Waals surface area contributed by atoms with Crippen LogP contribution in [-0.4, -0.2) is 49.3 Å². The maximum absolute atomic E-state index is 11.6. The van der Waals surface area contributed by atoms with Crippen LogP contribution in [0.3, 0.4) is 0 Å². The van der Waals surface area contributed by atoms with Gasteiger partial charge in [-0.05, 0) is 32.4 Å². The van der Waals surface area contributed by atoms with Crippen LogP contribution in [-0.2, 0) is 9.59 Å². The predicted molar refractivity (Wildman–Crippen MR) is 67.1 cm³/mol. The van der Waals surface area contributed by atoms with Crippen LogP contribution in [0, 0.1) is 5.92 Å². The van der Waals surface area contributed by atoms with Gasteiger partial charge < -0.3 is 10.1 Å². The highest BCUT2D eigenvalue weighted by Gasteiger charge is 2.20. The van der Waals surface area contributed by atoms with Gasteiger partial charge in [0.1, 0.15) is 6.29 Å². The van der Waals surface area contributed by atoms with Gasteiger partial charge in [-0.1, -0.05) is 6.92 Å². The van der Waals surface area contributed by atoms with Crippen LogP contribution in [0.2, 0.25) is 0 Å². The molecule has 2 N–H and O–H groups in total. The van der Waals surface area contributed by atoms with Crippen molar-refractivity contribution in [2.24, 2.45) is 5.92 Å². The maximum Gasteiger partial charge on any atom is 0.321 e. The molecule has 6 heteroatoms. The number of imide groups is 1. The van der Waals surface area contributed by atoms with Crippen LogP contribution in [0.1, 0.15) is 26.2 Å². The number of amides is 3. The largest absolute Gasteiger partial charge is 0.338 e. The topological polar surface area (TPSA) is 78.5 Å². The lowest BCUT2D eigenvalue weighted by Gasteiger charge is -2.28. The van der Waals surface area contributed by atoms with E-state index in [1.807, 2.05) is 11.8 Å². The van der Waals surface area contributed by atoms with Gasteiger partial charge in [0.15, 0.2) is 0 Å². The van der Waals surface area contributed by atoms with E-state index in [1.54, 1.807) is 0 Å². The second-order valence-electron chi connectivity index (χ2n) is 4.55. The minimum Gasteiger partial charge on any atom is -0.338 e. The molecule has 0 saturated carbocycles. The van der Waals surface area contributed by atoms with Gasteiger partial charge in [-0.25, -0.2) is 4.79 Å². The molecular weight excluding hydrogens is 234 g/mol. The summed E-state index contributed by atoms with van der Waals surface area (Å²) < 4.78 is 0. The standard InChI is InChI=1S/C12H21N3O3/c1-2-5-13-12(18)14-11(17)8-15-6-3-10(9-16)4-7-15/h9-10H,2-8H2,1H3,(H2,13,14,17,18). The molecule has 102 valence electrons. The Morgan fingerprint density at radius 2 is 2.00 bits per heavy atom. The van der Waals surface area contributed by atoms with Crippen LogP contribution in [0.4, 0.5) is 4.79 Å². The van der Waals surface area contributed by atoms with Crippen molar-refractivity contribution in [3.05, 3.63) is 0 Å². The minimum atomic E-state index is -0.440. The quantitative estimate of drug-likeness (QED) is 0.685. The molecule has 0 bridgehead atoms. The van der Waals surface area contributed by atoms with E-state index < -0.39 is 6.03 Å². The monoisotopic (exact) mass is 255 g/mol. The smallest absolute Gasteiger partial charge is 0.321 e. The molecule has 0 aromatic heterocycles. The van der Waals surface area contributed by atoms with Crippen molar-refractivity contribution >= 4 is 18.2 Å². The van der Waals surface area contributed by atoms with Gasteiger partial charge in [-0.2, -0.15) is 0 Å². The third-order valence-corrected chi connectivity index (χ3v) is 2.98. The molecular formula is C12H21N3O3. The van der Waals surface area contributed by atoms with E-state index >= 15 is 0 Å². The summed E-state index contributed by atoms with van der Waals surface area (Å²) in [7, 11) is 0. The lowest BCUT2D eigenvalue weighted by atomic mass is 9.99. The number of piperidine rings is 1. The average Bonchev–Trinajstić information content (AvgIpc) is 2.37. The Hall–Kier alpha value is -1.43. The Morgan fingerprint density at radius 1 is 1.33 bits per heavy atom. The molecule has 0 atom stereocenters. The summed E-state index contributed by atoms with van der Waals surface area (Å²) >= 11 is 0. The maximum atomic E-state index is 11.6. The number of carbonyl (C=O) groups excluding carboxylic acids is 3. The lowest BCUT2D eigenvalue weighted by molar-refractivity contribution is -0.121. The number of aldehydes is 1. The van der Waals surface area contributed by atoms with Gasteiger partial charge >= 0.3 is 6.03 Å². The van der Waals surface area contributed by atoms with Crippen molar-refractivity contribution in [3.63, 3.8) is 0 Å². The zero-order chi connectivity index (χ0) is 13.4. The molecule has 3 amide bonds. The second-order valence-corrected chi connectivity index (χ2v) is 4.55. The Bertz CT molecular complexity index is 299. The Morgan fingerprint density at radius 3 is 2.56 bits per heavy atom. The molecule has 1 saturated heterocycles. The molecule has 1 rings (SSSR count). The van der Waals surface area contributed by atoms with Crippen molar-refractivity contribution in [1.29, 1.82) is 0 Å². The van der Waals surface area contributed by atoms with Crippen LogP contribution in [0.5, 0.6) is 0 Å². The summed E-state index contributed by atoms with van der Waals surface area (Å²) in [5, 5.41) is 4.87. The Balaban J connectivity index is 2.20. The molecule has 0 radical (unpaired) electrons. The third kappa shape index (κ3) is 5.27. The molecule has 1 aliphatic heterocycles.